The van der Waals surface area contributed by atoms with E-state index in [0.29, 0.717) is 24.1 Å². The molecule has 1 aromatic rings. The monoisotopic (exact) mass is 403 g/mol. The number of nitrogens with zero attached hydrogens (tertiary/aromatic N) is 1. The first kappa shape index (κ1) is 17.4. The number of quaternary nitrogens is 1. The number of rotatable bonds is 4. The minimum Gasteiger partial charge on any atom is -0.372 e. The van der Waals surface area contributed by atoms with Gasteiger partial charge in [0.15, 0.2) is 0 Å². The van der Waals surface area contributed by atoms with E-state index in [1.807, 2.05) is 6.07 Å². The van der Waals surface area contributed by atoms with Gasteiger partial charge >= 0.3 is 0 Å². The summed E-state index contributed by atoms with van der Waals surface area (Å²) in [7, 11) is -3.38. The zero-order valence-corrected chi connectivity index (χ0v) is 15.6. The van der Waals surface area contributed by atoms with E-state index in [1.54, 1.807) is 22.5 Å². The van der Waals surface area contributed by atoms with Gasteiger partial charge in [0.2, 0.25) is 10.0 Å². The third-order valence-electron chi connectivity index (χ3n) is 4.65. The molecule has 128 valence electrons. The van der Waals surface area contributed by atoms with Crippen molar-refractivity contribution in [2.24, 2.45) is 0 Å². The molecule has 2 aliphatic rings. The van der Waals surface area contributed by atoms with Gasteiger partial charge in [-0.2, -0.15) is 4.31 Å². The number of sulfonamides is 1. The third kappa shape index (κ3) is 4.33. The van der Waals surface area contributed by atoms with Crippen LogP contribution >= 0.6 is 15.9 Å². The van der Waals surface area contributed by atoms with Crippen LogP contribution in [0.4, 0.5) is 0 Å². The summed E-state index contributed by atoms with van der Waals surface area (Å²) >= 11 is 3.34. The molecule has 0 spiro atoms. The molecule has 1 N–H and O–H groups in total. The van der Waals surface area contributed by atoms with Crippen molar-refractivity contribution in [3.8, 4) is 0 Å². The highest BCUT2D eigenvalue weighted by Gasteiger charge is 2.31. The van der Waals surface area contributed by atoms with Crippen LogP contribution in [0.15, 0.2) is 33.6 Å². The smallest absolute Gasteiger partial charge is 0.243 e. The first-order valence-corrected chi connectivity index (χ1v) is 10.5. The number of hydrogen-bond donors (Lipinski definition) is 1. The minimum atomic E-state index is -3.38. The number of halogens is 1. The van der Waals surface area contributed by atoms with Crippen LogP contribution < -0.4 is 4.90 Å². The number of ether oxygens (including phenoxy) is 1. The Morgan fingerprint density at radius 1 is 1.26 bits per heavy atom. The predicted octanol–water partition coefficient (Wildman–Crippen LogP) is 0.907. The Morgan fingerprint density at radius 2 is 2.04 bits per heavy atom. The molecule has 2 aliphatic heterocycles. The lowest BCUT2D eigenvalue weighted by Gasteiger charge is -2.34. The van der Waals surface area contributed by atoms with Crippen molar-refractivity contribution in [1.82, 2.24) is 4.31 Å². The molecule has 2 fully saturated rings. The molecule has 0 aromatic heterocycles. The van der Waals surface area contributed by atoms with Gasteiger partial charge in [-0.15, -0.1) is 0 Å². The second-order valence-corrected chi connectivity index (χ2v) is 9.16. The van der Waals surface area contributed by atoms with E-state index in [9.17, 15) is 8.42 Å². The Kier molecular flexibility index (Phi) is 5.74. The molecule has 7 heteroatoms. The van der Waals surface area contributed by atoms with Crippen molar-refractivity contribution in [3.05, 3.63) is 28.7 Å². The number of benzene rings is 1. The molecule has 0 bridgehead atoms. The highest BCUT2D eigenvalue weighted by atomic mass is 79.9. The zero-order chi connectivity index (χ0) is 16.3. The molecule has 1 atom stereocenters. The van der Waals surface area contributed by atoms with E-state index in [2.05, 4.69) is 15.9 Å². The summed E-state index contributed by atoms with van der Waals surface area (Å²) in [5.74, 6) is 0. The van der Waals surface area contributed by atoms with Crippen molar-refractivity contribution in [3.63, 3.8) is 0 Å². The van der Waals surface area contributed by atoms with Crippen LogP contribution in [0, 0.1) is 0 Å². The quantitative estimate of drug-likeness (QED) is 0.812. The van der Waals surface area contributed by atoms with Crippen LogP contribution in [0.5, 0.6) is 0 Å². The molecule has 1 aromatic carbocycles. The fourth-order valence-electron chi connectivity index (χ4n) is 3.31. The van der Waals surface area contributed by atoms with Gasteiger partial charge in [0.05, 0.1) is 31.1 Å². The lowest BCUT2D eigenvalue weighted by Crippen LogP contribution is -3.15. The number of hydrogen-bond acceptors (Lipinski definition) is 3. The average molecular weight is 404 g/mol. The summed E-state index contributed by atoms with van der Waals surface area (Å²) < 4.78 is 33.6. The minimum absolute atomic E-state index is 0.354. The Labute approximate surface area is 146 Å². The molecule has 5 nitrogen and oxygen atoms in total. The Balaban J connectivity index is 1.57. The van der Waals surface area contributed by atoms with Gasteiger partial charge in [-0.1, -0.05) is 22.0 Å². The molecule has 0 saturated carbocycles. The van der Waals surface area contributed by atoms with Gasteiger partial charge < -0.3 is 9.64 Å². The molecular weight excluding hydrogens is 380 g/mol. The summed E-state index contributed by atoms with van der Waals surface area (Å²) in [4.78, 5) is 1.82. The first-order valence-electron chi connectivity index (χ1n) is 8.26. The Morgan fingerprint density at radius 3 is 2.70 bits per heavy atom. The van der Waals surface area contributed by atoms with E-state index in [1.165, 1.54) is 17.7 Å². The maximum Gasteiger partial charge on any atom is 0.243 e. The number of piperazine rings is 1. The summed E-state index contributed by atoms with van der Waals surface area (Å²) in [5, 5.41) is 0. The maximum absolute atomic E-state index is 12.7. The van der Waals surface area contributed by atoms with E-state index < -0.39 is 10.0 Å². The fraction of sp³-hybridized carbons (Fsp3) is 0.625. The highest BCUT2D eigenvalue weighted by Crippen LogP contribution is 2.20. The second kappa shape index (κ2) is 7.61. The fourth-order valence-corrected chi connectivity index (χ4v) is 5.35. The van der Waals surface area contributed by atoms with E-state index in [4.69, 9.17) is 4.74 Å². The SMILES string of the molecule is O=S(=O)(c1cccc(Br)c1)N1CC[NH+](C[C@H]2CCCCO2)CC1. The molecule has 2 saturated heterocycles. The Hall–Kier alpha value is -0.470. The summed E-state index contributed by atoms with van der Waals surface area (Å²) in [6, 6.07) is 6.93. The van der Waals surface area contributed by atoms with E-state index >= 15 is 0 Å². The van der Waals surface area contributed by atoms with Crippen LogP contribution in [0.25, 0.3) is 0 Å². The first-order chi connectivity index (χ1) is 11.1. The zero-order valence-electron chi connectivity index (χ0n) is 13.2. The average Bonchev–Trinajstić information content (AvgIpc) is 2.56. The number of nitrogens with one attached hydrogen (secondary N) is 1. The topological polar surface area (TPSA) is 51.0 Å². The molecule has 0 aliphatic carbocycles. The van der Waals surface area contributed by atoms with Crippen LogP contribution in [0.1, 0.15) is 19.3 Å². The van der Waals surface area contributed by atoms with Crippen LogP contribution in [-0.4, -0.2) is 58.2 Å². The second-order valence-electron chi connectivity index (χ2n) is 6.30. The van der Waals surface area contributed by atoms with Gasteiger partial charge in [0, 0.05) is 11.1 Å². The van der Waals surface area contributed by atoms with Crippen LogP contribution in [0.3, 0.4) is 0 Å². The molecule has 0 radical (unpaired) electrons. The molecule has 2 heterocycles. The van der Waals surface area contributed by atoms with Crippen molar-refractivity contribution in [2.45, 2.75) is 30.3 Å². The molecule has 3 rings (SSSR count). The van der Waals surface area contributed by atoms with E-state index in [-0.39, 0.29) is 0 Å². The lowest BCUT2D eigenvalue weighted by molar-refractivity contribution is -0.907. The van der Waals surface area contributed by atoms with Crippen molar-refractivity contribution in [2.75, 3.05) is 39.3 Å². The molecular formula is C16H24BrN2O3S+. The van der Waals surface area contributed by atoms with Gasteiger partial charge in [0.25, 0.3) is 0 Å². The van der Waals surface area contributed by atoms with Crippen molar-refractivity contribution in [1.29, 1.82) is 0 Å². The summed E-state index contributed by atoms with van der Waals surface area (Å²) in [6.07, 6.45) is 3.92. The van der Waals surface area contributed by atoms with Gasteiger partial charge in [-0.25, -0.2) is 8.42 Å². The van der Waals surface area contributed by atoms with Gasteiger partial charge in [-0.05, 0) is 37.5 Å². The largest absolute Gasteiger partial charge is 0.372 e. The molecule has 23 heavy (non-hydrogen) atoms. The summed E-state index contributed by atoms with van der Waals surface area (Å²) in [5.41, 5.74) is 0. The predicted molar refractivity (Wildman–Crippen MR) is 92.1 cm³/mol. The van der Waals surface area contributed by atoms with E-state index in [0.717, 1.165) is 37.1 Å². The molecule has 0 unspecified atom stereocenters. The normalized spacial score (nSPS) is 24.7. The standard InChI is InChI=1S/C16H23BrN2O3S/c17-14-4-3-6-16(12-14)23(20,21)19-9-7-18(8-10-19)13-15-5-1-2-11-22-15/h3-4,6,12,15H,1-2,5,7-11,13H2/p+1/t15-/m1/s1. The third-order valence-corrected chi connectivity index (χ3v) is 7.04. The van der Waals surface area contributed by atoms with Crippen molar-refractivity contribution >= 4 is 26.0 Å². The maximum atomic E-state index is 12.7. The molecule has 0 amide bonds. The van der Waals surface area contributed by atoms with Gasteiger partial charge in [-0.3, -0.25) is 0 Å². The summed E-state index contributed by atoms with van der Waals surface area (Å²) in [6.45, 7) is 4.75. The lowest BCUT2D eigenvalue weighted by atomic mass is 10.1. The van der Waals surface area contributed by atoms with Gasteiger partial charge in [0.1, 0.15) is 12.6 Å². The Bertz CT molecular complexity index is 624. The highest BCUT2D eigenvalue weighted by molar-refractivity contribution is 9.10. The van der Waals surface area contributed by atoms with Crippen LogP contribution in [0.2, 0.25) is 0 Å². The van der Waals surface area contributed by atoms with Crippen molar-refractivity contribution < 1.29 is 18.1 Å². The van der Waals surface area contributed by atoms with Crippen LogP contribution in [-0.2, 0) is 14.8 Å².